The van der Waals surface area contributed by atoms with E-state index in [1.807, 2.05) is 0 Å². The van der Waals surface area contributed by atoms with Gasteiger partial charge in [-0.25, -0.2) is 0 Å². The predicted molar refractivity (Wildman–Crippen MR) is 75.3 cm³/mol. The van der Waals surface area contributed by atoms with Gasteiger partial charge in [0.05, 0.1) is 14.2 Å². The number of rotatable bonds is 6. The molecular formula is C12H19ClN2O4. The van der Waals surface area contributed by atoms with Gasteiger partial charge in [0.25, 0.3) is 5.91 Å². The van der Waals surface area contributed by atoms with E-state index in [1.165, 1.54) is 21.3 Å². The van der Waals surface area contributed by atoms with Crippen molar-refractivity contribution in [2.75, 3.05) is 33.2 Å². The highest BCUT2D eigenvalue weighted by molar-refractivity contribution is 5.94. The van der Waals surface area contributed by atoms with Crippen molar-refractivity contribution in [1.29, 1.82) is 0 Å². The maximum absolute atomic E-state index is 11.8. The van der Waals surface area contributed by atoms with Crippen LogP contribution in [-0.2, 0) is 9.53 Å². The fourth-order valence-electron chi connectivity index (χ4n) is 1.41. The SMILES string of the molecule is COc1cc(NC(=O)C(CN)OC)cc(OC)c1.Cl. The van der Waals surface area contributed by atoms with Gasteiger partial charge in [-0.2, -0.15) is 0 Å². The lowest BCUT2D eigenvalue weighted by Gasteiger charge is -2.14. The summed E-state index contributed by atoms with van der Waals surface area (Å²) in [5, 5.41) is 2.69. The van der Waals surface area contributed by atoms with Crippen molar-refractivity contribution >= 4 is 24.0 Å². The van der Waals surface area contributed by atoms with Crippen LogP contribution in [0.2, 0.25) is 0 Å². The average molecular weight is 291 g/mol. The summed E-state index contributed by atoms with van der Waals surface area (Å²) in [6, 6.07) is 5.08. The molecule has 0 aliphatic rings. The molecule has 1 atom stereocenters. The van der Waals surface area contributed by atoms with Gasteiger partial charge in [-0.15, -0.1) is 12.4 Å². The summed E-state index contributed by atoms with van der Waals surface area (Å²) in [6.07, 6.45) is -0.679. The second-order valence-corrected chi connectivity index (χ2v) is 3.55. The van der Waals surface area contributed by atoms with Gasteiger partial charge in [-0.05, 0) is 0 Å². The Morgan fingerprint density at radius 1 is 1.21 bits per heavy atom. The van der Waals surface area contributed by atoms with E-state index in [0.717, 1.165) is 0 Å². The Morgan fingerprint density at radius 3 is 2.11 bits per heavy atom. The number of nitrogens with two attached hydrogens (primary N) is 1. The number of methoxy groups -OCH3 is 3. The molecular weight excluding hydrogens is 272 g/mol. The highest BCUT2D eigenvalue weighted by Crippen LogP contribution is 2.25. The molecule has 0 spiro atoms. The van der Waals surface area contributed by atoms with Crippen LogP contribution in [0, 0.1) is 0 Å². The van der Waals surface area contributed by atoms with E-state index in [0.29, 0.717) is 17.2 Å². The van der Waals surface area contributed by atoms with Crippen LogP contribution in [0.4, 0.5) is 5.69 Å². The smallest absolute Gasteiger partial charge is 0.254 e. The number of amides is 1. The van der Waals surface area contributed by atoms with Crippen LogP contribution in [-0.4, -0.2) is 39.9 Å². The number of carbonyl (C=O) groups is 1. The standard InChI is InChI=1S/C12H18N2O4.ClH/c1-16-9-4-8(5-10(6-9)17-2)14-12(15)11(7-13)18-3;/h4-6,11H,7,13H2,1-3H3,(H,14,15);1H. The summed E-state index contributed by atoms with van der Waals surface area (Å²) in [5.41, 5.74) is 5.98. The maximum Gasteiger partial charge on any atom is 0.254 e. The van der Waals surface area contributed by atoms with Gasteiger partial charge in [0.2, 0.25) is 0 Å². The van der Waals surface area contributed by atoms with E-state index in [9.17, 15) is 4.79 Å². The third kappa shape index (κ3) is 4.94. The molecule has 0 saturated carbocycles. The zero-order valence-corrected chi connectivity index (χ0v) is 12.0. The summed E-state index contributed by atoms with van der Waals surface area (Å²) in [5.74, 6) is 0.869. The Labute approximate surface area is 118 Å². The number of anilines is 1. The summed E-state index contributed by atoms with van der Waals surface area (Å²) in [7, 11) is 4.51. The third-order valence-corrected chi connectivity index (χ3v) is 2.41. The van der Waals surface area contributed by atoms with E-state index in [2.05, 4.69) is 5.32 Å². The van der Waals surface area contributed by atoms with Gasteiger partial charge in [0, 0.05) is 37.5 Å². The Morgan fingerprint density at radius 2 is 1.74 bits per heavy atom. The second-order valence-electron chi connectivity index (χ2n) is 3.55. The lowest BCUT2D eigenvalue weighted by molar-refractivity contribution is -0.125. The third-order valence-electron chi connectivity index (χ3n) is 2.41. The molecule has 0 fully saturated rings. The molecule has 108 valence electrons. The van der Waals surface area contributed by atoms with Gasteiger partial charge in [-0.1, -0.05) is 0 Å². The number of nitrogens with one attached hydrogen (secondary N) is 1. The van der Waals surface area contributed by atoms with Gasteiger partial charge in [0.15, 0.2) is 0 Å². The predicted octanol–water partition coefficient (Wildman–Crippen LogP) is 1.04. The minimum Gasteiger partial charge on any atom is -0.497 e. The molecule has 1 aromatic carbocycles. The number of hydrogen-bond acceptors (Lipinski definition) is 5. The van der Waals surface area contributed by atoms with E-state index >= 15 is 0 Å². The van der Waals surface area contributed by atoms with Crippen molar-refractivity contribution in [2.24, 2.45) is 5.73 Å². The second kappa shape index (κ2) is 8.58. The maximum atomic E-state index is 11.8. The molecule has 0 aliphatic carbocycles. The normalized spacial score (nSPS) is 11.2. The van der Waals surface area contributed by atoms with Crippen molar-refractivity contribution in [3.05, 3.63) is 18.2 Å². The molecule has 19 heavy (non-hydrogen) atoms. The Bertz CT molecular complexity index is 388. The van der Waals surface area contributed by atoms with Crippen LogP contribution < -0.4 is 20.5 Å². The number of hydrogen-bond donors (Lipinski definition) is 2. The summed E-state index contributed by atoms with van der Waals surface area (Å²) in [4.78, 5) is 11.8. The molecule has 6 nitrogen and oxygen atoms in total. The first kappa shape index (κ1) is 17.5. The van der Waals surface area contributed by atoms with Crippen LogP contribution in [0.1, 0.15) is 0 Å². The van der Waals surface area contributed by atoms with Crippen molar-refractivity contribution in [3.8, 4) is 11.5 Å². The first-order chi connectivity index (χ1) is 8.64. The molecule has 0 aromatic heterocycles. The first-order valence-electron chi connectivity index (χ1n) is 5.41. The lowest BCUT2D eigenvalue weighted by atomic mass is 10.2. The molecule has 0 saturated heterocycles. The van der Waals surface area contributed by atoms with Crippen LogP contribution in [0.15, 0.2) is 18.2 Å². The van der Waals surface area contributed by atoms with E-state index in [1.54, 1.807) is 18.2 Å². The number of ether oxygens (including phenoxy) is 3. The molecule has 1 amide bonds. The van der Waals surface area contributed by atoms with E-state index in [-0.39, 0.29) is 24.9 Å². The fraction of sp³-hybridized carbons (Fsp3) is 0.417. The van der Waals surface area contributed by atoms with Gasteiger partial charge < -0.3 is 25.3 Å². The Kier molecular flexibility index (Phi) is 7.90. The van der Waals surface area contributed by atoms with Gasteiger partial charge in [-0.3, -0.25) is 4.79 Å². The molecule has 0 bridgehead atoms. The van der Waals surface area contributed by atoms with Crippen molar-refractivity contribution < 1.29 is 19.0 Å². The molecule has 3 N–H and O–H groups in total. The molecule has 1 aromatic rings. The van der Waals surface area contributed by atoms with Crippen LogP contribution in [0.5, 0.6) is 11.5 Å². The topological polar surface area (TPSA) is 82.8 Å². The van der Waals surface area contributed by atoms with Crippen LogP contribution in [0.25, 0.3) is 0 Å². The number of carbonyl (C=O) groups excluding carboxylic acids is 1. The minimum atomic E-state index is -0.679. The largest absolute Gasteiger partial charge is 0.497 e. The van der Waals surface area contributed by atoms with Crippen molar-refractivity contribution in [1.82, 2.24) is 0 Å². The molecule has 1 unspecified atom stereocenters. The Hall–Kier alpha value is -1.50. The molecule has 0 heterocycles. The van der Waals surface area contributed by atoms with Gasteiger partial charge in [0.1, 0.15) is 17.6 Å². The highest BCUT2D eigenvalue weighted by atomic mass is 35.5. The zero-order chi connectivity index (χ0) is 13.5. The molecule has 1 rings (SSSR count). The van der Waals surface area contributed by atoms with Crippen molar-refractivity contribution in [3.63, 3.8) is 0 Å². The fourth-order valence-corrected chi connectivity index (χ4v) is 1.41. The highest BCUT2D eigenvalue weighted by Gasteiger charge is 2.16. The summed E-state index contributed by atoms with van der Waals surface area (Å²) in [6.45, 7) is 0.115. The van der Waals surface area contributed by atoms with Crippen molar-refractivity contribution in [2.45, 2.75) is 6.10 Å². The van der Waals surface area contributed by atoms with Crippen LogP contribution >= 0.6 is 12.4 Å². The molecule has 0 aliphatic heterocycles. The molecule has 0 radical (unpaired) electrons. The monoisotopic (exact) mass is 290 g/mol. The first-order valence-corrected chi connectivity index (χ1v) is 5.41. The lowest BCUT2D eigenvalue weighted by Crippen LogP contribution is -2.35. The summed E-state index contributed by atoms with van der Waals surface area (Å²) >= 11 is 0. The van der Waals surface area contributed by atoms with E-state index in [4.69, 9.17) is 19.9 Å². The number of benzene rings is 1. The van der Waals surface area contributed by atoms with E-state index < -0.39 is 6.10 Å². The minimum absolute atomic E-state index is 0. The van der Waals surface area contributed by atoms with Crippen LogP contribution in [0.3, 0.4) is 0 Å². The Balaban J connectivity index is 0.00000324. The zero-order valence-electron chi connectivity index (χ0n) is 11.1. The summed E-state index contributed by atoms with van der Waals surface area (Å²) < 4.78 is 15.2. The van der Waals surface area contributed by atoms with Gasteiger partial charge >= 0.3 is 0 Å². The molecule has 7 heteroatoms. The quantitative estimate of drug-likeness (QED) is 0.818. The average Bonchev–Trinajstić information content (AvgIpc) is 2.39. The number of halogens is 1.